The molecule has 144 valence electrons. The van der Waals surface area contributed by atoms with Crippen molar-refractivity contribution in [1.29, 1.82) is 0 Å². The first kappa shape index (κ1) is 19.2. The van der Waals surface area contributed by atoms with Crippen LogP contribution in [0.4, 0.5) is 0 Å². The number of carbonyl (C=O) groups excluding carboxylic acids is 1. The number of pyridine rings is 1. The molecule has 3 heterocycles. The van der Waals surface area contributed by atoms with Crippen molar-refractivity contribution < 1.29 is 22.7 Å². The Balaban J connectivity index is 1.65. The molecule has 2 fully saturated rings. The van der Waals surface area contributed by atoms with Crippen molar-refractivity contribution >= 4 is 15.9 Å². The van der Waals surface area contributed by atoms with Crippen LogP contribution in [0.5, 0.6) is 0 Å². The van der Waals surface area contributed by atoms with Crippen molar-refractivity contribution in [1.82, 2.24) is 14.2 Å². The van der Waals surface area contributed by atoms with Crippen LogP contribution < -0.4 is 0 Å². The summed E-state index contributed by atoms with van der Waals surface area (Å²) in [7, 11) is -3.59. The molecule has 1 aromatic rings. The van der Waals surface area contributed by atoms with Crippen LogP contribution in [0.1, 0.15) is 19.8 Å². The van der Waals surface area contributed by atoms with Crippen molar-refractivity contribution in [2.45, 2.75) is 30.3 Å². The van der Waals surface area contributed by atoms with Crippen LogP contribution in [0, 0.1) is 0 Å². The second-order valence-corrected chi connectivity index (χ2v) is 8.51. The first-order valence-corrected chi connectivity index (χ1v) is 10.3. The molecular weight excluding hydrogens is 358 g/mol. The molecule has 26 heavy (non-hydrogen) atoms. The largest absolute Gasteiger partial charge is 0.372 e. The van der Waals surface area contributed by atoms with Crippen LogP contribution in [0.2, 0.25) is 0 Å². The Morgan fingerprint density at radius 3 is 2.77 bits per heavy atom. The van der Waals surface area contributed by atoms with Gasteiger partial charge < -0.3 is 14.4 Å². The summed E-state index contributed by atoms with van der Waals surface area (Å²) in [5.41, 5.74) is -0.532. The van der Waals surface area contributed by atoms with Gasteiger partial charge in [-0.2, -0.15) is 4.31 Å². The fourth-order valence-electron chi connectivity index (χ4n) is 3.41. The van der Waals surface area contributed by atoms with Gasteiger partial charge in [0.05, 0.1) is 12.2 Å². The average Bonchev–Trinajstić information content (AvgIpc) is 2.67. The molecule has 2 aliphatic rings. The van der Waals surface area contributed by atoms with Crippen molar-refractivity contribution in [3.63, 3.8) is 0 Å². The number of morpholine rings is 1. The Bertz CT molecular complexity index is 717. The summed E-state index contributed by atoms with van der Waals surface area (Å²) in [5, 5.41) is 0. The number of likely N-dealkylation sites (tertiary alicyclic amines) is 1. The van der Waals surface area contributed by atoms with E-state index >= 15 is 0 Å². The molecule has 0 aromatic carbocycles. The van der Waals surface area contributed by atoms with E-state index in [0.717, 1.165) is 0 Å². The van der Waals surface area contributed by atoms with Crippen LogP contribution in [-0.2, 0) is 24.3 Å². The predicted octanol–water partition coefficient (Wildman–Crippen LogP) is 0.500. The van der Waals surface area contributed by atoms with Gasteiger partial charge in [0.1, 0.15) is 11.5 Å². The quantitative estimate of drug-likeness (QED) is 0.736. The van der Waals surface area contributed by atoms with Gasteiger partial charge in [0.25, 0.3) is 0 Å². The first-order valence-electron chi connectivity index (χ1n) is 8.86. The van der Waals surface area contributed by atoms with Gasteiger partial charge >= 0.3 is 0 Å². The fraction of sp³-hybridized carbons (Fsp3) is 0.647. The third-order valence-electron chi connectivity index (χ3n) is 4.94. The molecule has 2 aliphatic heterocycles. The maximum absolute atomic E-state index is 12.9. The normalized spacial score (nSPS) is 21.0. The van der Waals surface area contributed by atoms with E-state index in [9.17, 15) is 13.2 Å². The molecule has 0 radical (unpaired) electrons. The number of carbonyl (C=O) groups is 1. The van der Waals surface area contributed by atoms with Crippen molar-refractivity contribution in [2.75, 3.05) is 46.0 Å². The highest BCUT2D eigenvalue weighted by molar-refractivity contribution is 7.89. The van der Waals surface area contributed by atoms with Crippen LogP contribution in [0.15, 0.2) is 29.4 Å². The van der Waals surface area contributed by atoms with Gasteiger partial charge in [-0.25, -0.2) is 8.42 Å². The lowest BCUT2D eigenvalue weighted by atomic mass is 9.90. The molecule has 9 heteroatoms. The van der Waals surface area contributed by atoms with E-state index in [2.05, 4.69) is 4.98 Å². The van der Waals surface area contributed by atoms with E-state index in [-0.39, 0.29) is 17.4 Å². The molecule has 0 saturated carbocycles. The lowest BCUT2D eigenvalue weighted by Gasteiger charge is -2.46. The van der Waals surface area contributed by atoms with Crippen molar-refractivity contribution in [3.05, 3.63) is 24.5 Å². The monoisotopic (exact) mass is 383 g/mol. The molecule has 0 aliphatic carbocycles. The van der Waals surface area contributed by atoms with Crippen LogP contribution in [-0.4, -0.2) is 80.1 Å². The predicted molar refractivity (Wildman–Crippen MR) is 94.0 cm³/mol. The topological polar surface area (TPSA) is 89.0 Å². The van der Waals surface area contributed by atoms with Crippen LogP contribution in [0.3, 0.4) is 0 Å². The maximum Gasteiger partial charge on any atom is 0.248 e. The number of rotatable bonds is 5. The number of sulfonamides is 1. The van der Waals surface area contributed by atoms with Gasteiger partial charge in [0.2, 0.25) is 15.9 Å². The molecule has 3 rings (SSSR count). The number of piperidine rings is 1. The summed E-state index contributed by atoms with van der Waals surface area (Å²) in [5.74, 6) is -0.0302. The minimum atomic E-state index is -3.59. The Labute approximate surface area is 154 Å². The molecule has 0 N–H and O–H groups in total. The van der Waals surface area contributed by atoms with Crippen molar-refractivity contribution in [2.24, 2.45) is 0 Å². The second kappa shape index (κ2) is 7.99. The van der Waals surface area contributed by atoms with E-state index in [1.165, 1.54) is 10.5 Å². The van der Waals surface area contributed by atoms with Gasteiger partial charge in [-0.15, -0.1) is 0 Å². The zero-order chi connectivity index (χ0) is 18.6. The van der Waals surface area contributed by atoms with Gasteiger partial charge in [0, 0.05) is 45.2 Å². The van der Waals surface area contributed by atoms with E-state index in [1.54, 1.807) is 23.2 Å². The van der Waals surface area contributed by atoms with Crippen LogP contribution in [0.25, 0.3) is 0 Å². The molecule has 2 saturated heterocycles. The molecule has 0 unspecified atom stereocenters. The number of hydrogen-bond donors (Lipinski definition) is 0. The fourth-order valence-corrected chi connectivity index (χ4v) is 4.87. The number of hydrogen-bond acceptors (Lipinski definition) is 6. The second-order valence-electron chi connectivity index (χ2n) is 6.58. The lowest BCUT2D eigenvalue weighted by molar-refractivity contribution is -0.148. The van der Waals surface area contributed by atoms with Gasteiger partial charge in [0.15, 0.2) is 0 Å². The standard InChI is InChI=1S/C17H25N3O5S/c1-2-24-13-16(21)19-8-5-17(6-9-19)14-20(10-11-25-17)26(22,23)15-4-3-7-18-12-15/h3-4,7,12H,2,5-6,8-11,13-14H2,1H3. The number of aromatic nitrogens is 1. The maximum atomic E-state index is 12.9. The third-order valence-corrected chi connectivity index (χ3v) is 6.77. The van der Waals surface area contributed by atoms with Crippen LogP contribution >= 0.6 is 0 Å². The smallest absolute Gasteiger partial charge is 0.248 e. The molecule has 1 amide bonds. The van der Waals surface area contributed by atoms with Gasteiger partial charge in [-0.3, -0.25) is 9.78 Å². The molecule has 0 atom stereocenters. The zero-order valence-electron chi connectivity index (χ0n) is 15.0. The van der Waals surface area contributed by atoms with Gasteiger partial charge in [-0.05, 0) is 31.9 Å². The number of ether oxygens (including phenoxy) is 2. The summed E-state index contributed by atoms with van der Waals surface area (Å²) in [6.45, 7) is 4.53. The SMILES string of the molecule is CCOCC(=O)N1CCC2(CC1)CN(S(=O)(=O)c1cccnc1)CCO2. The summed E-state index contributed by atoms with van der Waals surface area (Å²) < 4.78 is 38.4. The molecule has 8 nitrogen and oxygen atoms in total. The summed E-state index contributed by atoms with van der Waals surface area (Å²) in [6.07, 6.45) is 4.15. The highest BCUT2D eigenvalue weighted by atomic mass is 32.2. The Hall–Kier alpha value is -1.55. The number of nitrogens with zero attached hydrogens (tertiary/aromatic N) is 3. The first-order chi connectivity index (χ1) is 12.5. The van der Waals surface area contributed by atoms with E-state index in [4.69, 9.17) is 9.47 Å². The van der Waals surface area contributed by atoms with Gasteiger partial charge in [-0.1, -0.05) is 0 Å². The van der Waals surface area contributed by atoms with Crippen molar-refractivity contribution in [3.8, 4) is 0 Å². The molecule has 0 bridgehead atoms. The minimum absolute atomic E-state index is 0.0302. The highest BCUT2D eigenvalue weighted by Gasteiger charge is 2.43. The zero-order valence-corrected chi connectivity index (χ0v) is 15.8. The Kier molecular flexibility index (Phi) is 5.91. The third kappa shape index (κ3) is 4.06. The Morgan fingerprint density at radius 2 is 2.12 bits per heavy atom. The summed E-state index contributed by atoms with van der Waals surface area (Å²) in [4.78, 5) is 18.0. The summed E-state index contributed by atoms with van der Waals surface area (Å²) >= 11 is 0. The summed E-state index contributed by atoms with van der Waals surface area (Å²) in [6, 6.07) is 3.17. The molecule has 1 spiro atoms. The molecular formula is C17H25N3O5S. The van der Waals surface area contributed by atoms with E-state index in [1.807, 2.05) is 6.92 Å². The average molecular weight is 383 g/mol. The van der Waals surface area contributed by atoms with E-state index < -0.39 is 15.6 Å². The number of amides is 1. The minimum Gasteiger partial charge on any atom is -0.372 e. The molecule has 1 aromatic heterocycles. The van der Waals surface area contributed by atoms with E-state index in [0.29, 0.717) is 52.2 Å². The highest BCUT2D eigenvalue weighted by Crippen LogP contribution is 2.32. The lowest BCUT2D eigenvalue weighted by Crippen LogP contribution is -2.58. The Morgan fingerprint density at radius 1 is 1.35 bits per heavy atom.